The first kappa shape index (κ1) is 38.9. The van der Waals surface area contributed by atoms with E-state index >= 15 is 0 Å². The molecule has 4 aromatic carbocycles. The molecule has 0 saturated heterocycles. The lowest BCUT2D eigenvalue weighted by molar-refractivity contribution is -0.0196. The first-order chi connectivity index (χ1) is 31.6. The molecule has 3 N–H and O–H groups in total. The smallest absolute Gasteiger partial charge is 0.119 e. The molecule has 4 saturated carbocycles. The number of nitrogens with one attached hydrogen (secondary N) is 3. The van der Waals surface area contributed by atoms with Gasteiger partial charge in [0, 0.05) is 49.9 Å². The molecule has 3 aromatic heterocycles. The fraction of sp³-hybridized carbons (Fsp3) is 0.241. The zero-order valence-electron chi connectivity index (χ0n) is 36.2. The Morgan fingerprint density at radius 1 is 0.453 bits per heavy atom. The van der Waals surface area contributed by atoms with Gasteiger partial charge in [-0.3, -0.25) is 0 Å². The summed E-state index contributed by atoms with van der Waals surface area (Å²) in [6.07, 6.45) is 19.5. The average molecular weight is 836 g/mol. The van der Waals surface area contributed by atoms with E-state index in [-0.39, 0.29) is 0 Å². The van der Waals surface area contributed by atoms with E-state index in [4.69, 9.17) is 14.7 Å². The van der Waals surface area contributed by atoms with E-state index < -0.39 is 0 Å². The van der Waals surface area contributed by atoms with Crippen LogP contribution in [0.1, 0.15) is 74.1 Å². The molecular formula is C58H53N5O. The van der Waals surface area contributed by atoms with Crippen molar-refractivity contribution in [2.24, 2.45) is 17.8 Å². The Balaban J connectivity index is 0.942. The zero-order valence-corrected chi connectivity index (χ0v) is 36.2. The van der Waals surface area contributed by atoms with Crippen molar-refractivity contribution in [2.75, 3.05) is 13.2 Å². The number of aromatic amines is 2. The minimum Gasteiger partial charge on any atom is -0.494 e. The lowest BCUT2D eigenvalue weighted by atomic mass is 9.53. The third kappa shape index (κ3) is 7.40. The largest absolute Gasteiger partial charge is 0.494 e. The maximum Gasteiger partial charge on any atom is 0.119 e. The van der Waals surface area contributed by atoms with Crippen LogP contribution in [-0.4, -0.2) is 38.6 Å². The Labute approximate surface area is 375 Å². The fourth-order valence-electron chi connectivity index (χ4n) is 12.1. The fourth-order valence-corrected chi connectivity index (χ4v) is 12.1. The van der Waals surface area contributed by atoms with Crippen molar-refractivity contribution in [3.8, 4) is 50.3 Å². The van der Waals surface area contributed by atoms with Crippen LogP contribution in [0.2, 0.25) is 0 Å². The van der Waals surface area contributed by atoms with Crippen molar-refractivity contribution >= 4 is 46.4 Å². The Kier molecular flexibility index (Phi) is 9.97. The molecule has 12 bridgehead atoms. The maximum absolute atomic E-state index is 6.37. The van der Waals surface area contributed by atoms with Crippen LogP contribution in [0.15, 0.2) is 140 Å². The second-order valence-corrected chi connectivity index (χ2v) is 18.8. The number of benzene rings is 4. The molecule has 6 nitrogen and oxygen atoms in total. The van der Waals surface area contributed by atoms with Gasteiger partial charge in [-0.2, -0.15) is 0 Å². The molecule has 4 aliphatic carbocycles. The summed E-state index contributed by atoms with van der Waals surface area (Å²) in [6.45, 7) is 1.80. The summed E-state index contributed by atoms with van der Waals surface area (Å²) < 4.78 is 6.37. The number of fused-ring (bicyclic) bond motifs is 8. The monoisotopic (exact) mass is 835 g/mol. The van der Waals surface area contributed by atoms with Gasteiger partial charge in [-0.05, 0) is 159 Å². The van der Waals surface area contributed by atoms with E-state index in [1.54, 1.807) is 0 Å². The molecule has 2 aliphatic heterocycles. The quantitative estimate of drug-likeness (QED) is 0.113. The van der Waals surface area contributed by atoms with Gasteiger partial charge in [0.15, 0.2) is 0 Å². The lowest BCUT2D eigenvalue weighted by Gasteiger charge is -2.57. The molecule has 7 aromatic rings. The molecular weight excluding hydrogens is 783 g/mol. The topological polar surface area (TPSA) is 78.6 Å². The molecule has 316 valence electrons. The van der Waals surface area contributed by atoms with E-state index in [1.165, 1.54) is 38.5 Å². The average Bonchev–Trinajstić information content (AvgIpc) is 4.17. The van der Waals surface area contributed by atoms with Crippen LogP contribution >= 0.6 is 0 Å². The summed E-state index contributed by atoms with van der Waals surface area (Å²) in [5, 5.41) is 4.06. The van der Waals surface area contributed by atoms with Crippen molar-refractivity contribution in [3.63, 3.8) is 0 Å². The van der Waals surface area contributed by atoms with Gasteiger partial charge in [-0.1, -0.05) is 103 Å². The minimum atomic E-state index is 0.425. The number of hydrogen-bond donors (Lipinski definition) is 3. The van der Waals surface area contributed by atoms with Crippen molar-refractivity contribution < 1.29 is 4.74 Å². The van der Waals surface area contributed by atoms with Crippen LogP contribution in [0.5, 0.6) is 5.75 Å². The van der Waals surface area contributed by atoms with Crippen molar-refractivity contribution in [2.45, 2.75) is 56.9 Å². The molecule has 6 heteroatoms. The van der Waals surface area contributed by atoms with Crippen LogP contribution in [0.4, 0.5) is 0 Å². The number of unbranched alkanes of at least 4 members (excludes halogenated alkanes) is 1. The molecule has 64 heavy (non-hydrogen) atoms. The number of nitrogens with zero attached hydrogens (tertiary/aromatic N) is 2. The Bertz CT molecular complexity index is 3000. The second kappa shape index (κ2) is 16.4. The standard InChI is InChI=1S/C58H53N5O/c1-4-12-41(13-5-1)54-46-22-24-48(60-46)55(42-14-6-2-7-15-42)50-26-28-52(62-50)57(53-29-27-51(63-53)56(43-16-8-3-9-17-43)49-25-23-47(54)61-49)44-18-20-45(21-19-44)64-31-11-10-30-59-58-35-38-32-39(36-58)34-40(33-38)37-58/h1-9,12-29,38-40,59-60,63H,10-11,30-37H2. The Hall–Kier alpha value is -6.76. The summed E-state index contributed by atoms with van der Waals surface area (Å²) in [6, 6.07) is 49.0. The highest BCUT2D eigenvalue weighted by Crippen LogP contribution is 2.55. The second-order valence-electron chi connectivity index (χ2n) is 18.8. The third-order valence-electron chi connectivity index (χ3n) is 14.5. The van der Waals surface area contributed by atoms with Crippen molar-refractivity contribution in [1.29, 1.82) is 0 Å². The summed E-state index contributed by atoms with van der Waals surface area (Å²) >= 11 is 0. The molecule has 6 aliphatic rings. The highest BCUT2D eigenvalue weighted by molar-refractivity contribution is 5.99. The van der Waals surface area contributed by atoms with Crippen LogP contribution < -0.4 is 10.1 Å². The van der Waals surface area contributed by atoms with E-state index in [9.17, 15) is 0 Å². The van der Waals surface area contributed by atoms with E-state index in [0.29, 0.717) is 12.1 Å². The maximum atomic E-state index is 6.37. The number of aromatic nitrogens is 4. The van der Waals surface area contributed by atoms with Crippen molar-refractivity contribution in [1.82, 2.24) is 25.3 Å². The molecule has 4 fully saturated rings. The van der Waals surface area contributed by atoms with Gasteiger partial charge in [-0.25, -0.2) is 9.97 Å². The van der Waals surface area contributed by atoms with E-state index in [0.717, 1.165) is 132 Å². The molecule has 5 heterocycles. The van der Waals surface area contributed by atoms with Gasteiger partial charge in [0.1, 0.15) is 5.75 Å². The molecule has 0 amide bonds. The number of ether oxygens (including phenoxy) is 1. The normalized spacial score (nSPS) is 20.5. The highest BCUT2D eigenvalue weighted by Gasteiger charge is 2.50. The minimum absolute atomic E-state index is 0.425. The molecule has 13 rings (SSSR count). The van der Waals surface area contributed by atoms with Crippen molar-refractivity contribution in [3.05, 3.63) is 162 Å². The first-order valence-electron chi connectivity index (χ1n) is 23.4. The SMILES string of the molecule is C1=Cc2nc1c(-c1ccccc1)c1ccc([nH]1)c(-c1ccccc1)c1nc(c(-c3ccc(OCCCCNC45CC6CC(CC(C6)C4)C5)cc3)c3ccc([nH]3)c2-c2ccccc2)C=C1. The van der Waals surface area contributed by atoms with Crippen LogP contribution in [0.25, 0.3) is 90.9 Å². The van der Waals surface area contributed by atoms with Gasteiger partial charge in [-0.15, -0.1) is 0 Å². The Morgan fingerprint density at radius 2 is 0.828 bits per heavy atom. The lowest BCUT2D eigenvalue weighted by Crippen LogP contribution is -2.58. The number of hydrogen-bond acceptors (Lipinski definition) is 4. The van der Waals surface area contributed by atoms with Gasteiger partial charge < -0.3 is 20.0 Å². The number of rotatable bonds is 11. The molecule has 0 atom stereocenters. The zero-order chi connectivity index (χ0) is 42.5. The van der Waals surface area contributed by atoms with Crippen LogP contribution in [0, 0.1) is 17.8 Å². The Morgan fingerprint density at radius 3 is 1.22 bits per heavy atom. The highest BCUT2D eigenvalue weighted by atomic mass is 16.5. The molecule has 0 spiro atoms. The van der Waals surface area contributed by atoms with Gasteiger partial charge in [0.25, 0.3) is 0 Å². The van der Waals surface area contributed by atoms with Crippen LogP contribution in [-0.2, 0) is 0 Å². The van der Waals surface area contributed by atoms with Gasteiger partial charge in [0.05, 0.1) is 29.4 Å². The number of H-pyrrole nitrogens is 2. The summed E-state index contributed by atoms with van der Waals surface area (Å²) in [4.78, 5) is 18.6. The van der Waals surface area contributed by atoms with Gasteiger partial charge in [0.2, 0.25) is 0 Å². The summed E-state index contributed by atoms with van der Waals surface area (Å²) in [5.41, 5.74) is 16.4. The predicted octanol–water partition coefficient (Wildman–Crippen LogP) is 14.0. The third-order valence-corrected chi connectivity index (χ3v) is 14.5. The molecule has 0 unspecified atom stereocenters. The molecule has 0 radical (unpaired) electrons. The van der Waals surface area contributed by atoms with E-state index in [1.807, 2.05) is 0 Å². The summed E-state index contributed by atoms with van der Waals surface area (Å²) in [5.74, 6) is 3.81. The van der Waals surface area contributed by atoms with Gasteiger partial charge >= 0.3 is 0 Å². The van der Waals surface area contributed by atoms with E-state index in [2.05, 4.69) is 179 Å². The first-order valence-corrected chi connectivity index (χ1v) is 23.4. The summed E-state index contributed by atoms with van der Waals surface area (Å²) in [7, 11) is 0. The predicted molar refractivity (Wildman–Crippen MR) is 264 cm³/mol. The van der Waals surface area contributed by atoms with Crippen LogP contribution in [0.3, 0.4) is 0 Å².